The highest BCUT2D eigenvalue weighted by atomic mass is 16.1. The van der Waals surface area contributed by atoms with E-state index in [1.54, 1.807) is 0 Å². The van der Waals surface area contributed by atoms with Crippen molar-refractivity contribution in [2.45, 2.75) is 78.5 Å². The third-order valence-electron chi connectivity index (χ3n) is 3.99. The highest BCUT2D eigenvalue weighted by Gasteiger charge is 2.30. The first-order valence-electron chi connectivity index (χ1n) is 8.75. The number of hydrogen-bond donors (Lipinski definition) is 0. The maximum Gasteiger partial charge on any atom is 0.123 e. The number of carbonyl (C=O) groups is 1. The first-order chi connectivity index (χ1) is 9.86. The van der Waals surface area contributed by atoms with E-state index < -0.39 is 0 Å². The van der Waals surface area contributed by atoms with E-state index in [4.69, 9.17) is 7.85 Å². The van der Waals surface area contributed by atoms with E-state index >= 15 is 0 Å². The number of aldehydes is 1. The van der Waals surface area contributed by atoms with E-state index in [0.29, 0.717) is 5.92 Å². The molecule has 0 saturated heterocycles. The Balaban J connectivity index is 0. The first kappa shape index (κ1) is 23.0. The molecule has 1 saturated carbocycles. The van der Waals surface area contributed by atoms with Crippen LogP contribution in [0.1, 0.15) is 73.1 Å². The molecule has 1 aliphatic rings. The van der Waals surface area contributed by atoms with E-state index in [1.807, 2.05) is 13.8 Å². The molecular formula is C18H38BNO. The minimum absolute atomic E-state index is 0.0432. The Morgan fingerprint density at radius 3 is 2.19 bits per heavy atom. The van der Waals surface area contributed by atoms with E-state index in [9.17, 15) is 4.79 Å². The summed E-state index contributed by atoms with van der Waals surface area (Å²) in [5.74, 6) is 0.769. The van der Waals surface area contributed by atoms with Crippen LogP contribution in [-0.4, -0.2) is 39.7 Å². The average Bonchev–Trinajstić information content (AvgIpc) is 2.59. The first-order valence-corrected chi connectivity index (χ1v) is 8.75. The van der Waals surface area contributed by atoms with Crippen LogP contribution in [0.3, 0.4) is 0 Å². The Morgan fingerprint density at radius 1 is 1.29 bits per heavy atom. The molecular weight excluding hydrogens is 257 g/mol. The number of nitrogens with zero attached hydrogens (tertiary/aromatic N) is 1. The van der Waals surface area contributed by atoms with Crippen LogP contribution < -0.4 is 0 Å². The lowest BCUT2D eigenvalue weighted by atomic mass is 9.63. The lowest BCUT2D eigenvalue weighted by molar-refractivity contribution is -0.112. The summed E-state index contributed by atoms with van der Waals surface area (Å²) in [6.45, 7) is 11.7. The van der Waals surface area contributed by atoms with Gasteiger partial charge in [-0.05, 0) is 39.4 Å². The standard InChI is InChI=1S/C11H19BO.C5H13N.C2H6/c1-3-9-7-11(2,12)6-4-5-10(9)8-13;1-4-5-6(2)3;1-2/h8-10H,3-7H2,1-2H3;4-5H2,1-3H3;1-2H3. The van der Waals surface area contributed by atoms with E-state index in [1.165, 1.54) is 13.0 Å². The summed E-state index contributed by atoms with van der Waals surface area (Å²) < 4.78 is 0. The molecule has 1 rings (SSSR count). The maximum atomic E-state index is 10.9. The second kappa shape index (κ2) is 13.4. The summed E-state index contributed by atoms with van der Waals surface area (Å²) in [4.78, 5) is 13.0. The van der Waals surface area contributed by atoms with Crippen LogP contribution >= 0.6 is 0 Å². The zero-order valence-corrected chi connectivity index (χ0v) is 15.6. The second-order valence-electron chi connectivity index (χ2n) is 6.52. The van der Waals surface area contributed by atoms with Crippen LogP contribution in [0.4, 0.5) is 0 Å². The van der Waals surface area contributed by atoms with Gasteiger partial charge < -0.3 is 9.69 Å². The highest BCUT2D eigenvalue weighted by molar-refractivity contribution is 6.14. The maximum absolute atomic E-state index is 10.9. The molecule has 0 aromatic carbocycles. The lowest BCUT2D eigenvalue weighted by Gasteiger charge is -2.27. The van der Waals surface area contributed by atoms with Gasteiger partial charge in [0.1, 0.15) is 6.29 Å². The third-order valence-corrected chi connectivity index (χ3v) is 3.99. The van der Waals surface area contributed by atoms with Crippen molar-refractivity contribution in [2.24, 2.45) is 11.8 Å². The van der Waals surface area contributed by atoms with E-state index in [0.717, 1.165) is 38.4 Å². The number of carbonyl (C=O) groups excluding carboxylic acids is 1. The molecule has 3 heteroatoms. The third kappa shape index (κ3) is 12.0. The molecule has 2 radical (unpaired) electrons. The molecule has 0 amide bonds. The molecule has 0 heterocycles. The summed E-state index contributed by atoms with van der Waals surface area (Å²) >= 11 is 0. The molecule has 0 aromatic heterocycles. The van der Waals surface area contributed by atoms with Crippen molar-refractivity contribution in [1.29, 1.82) is 0 Å². The van der Waals surface area contributed by atoms with Crippen LogP contribution in [0.5, 0.6) is 0 Å². The topological polar surface area (TPSA) is 20.3 Å². The molecule has 0 bridgehead atoms. The molecule has 0 N–H and O–H groups in total. The summed E-state index contributed by atoms with van der Waals surface area (Å²) in [7, 11) is 10.3. The molecule has 1 fully saturated rings. The van der Waals surface area contributed by atoms with Gasteiger partial charge in [0, 0.05) is 5.92 Å². The van der Waals surface area contributed by atoms with Gasteiger partial charge in [-0.25, -0.2) is 0 Å². The quantitative estimate of drug-likeness (QED) is 0.424. The fourth-order valence-corrected chi connectivity index (χ4v) is 2.90. The van der Waals surface area contributed by atoms with E-state index in [-0.39, 0.29) is 11.2 Å². The van der Waals surface area contributed by atoms with Crippen molar-refractivity contribution in [1.82, 2.24) is 4.90 Å². The molecule has 0 aliphatic heterocycles. The van der Waals surface area contributed by atoms with Crippen molar-refractivity contribution in [2.75, 3.05) is 20.6 Å². The Labute approximate surface area is 135 Å². The Bertz CT molecular complexity index is 241. The number of rotatable bonds is 4. The smallest absolute Gasteiger partial charge is 0.123 e. The van der Waals surface area contributed by atoms with Gasteiger partial charge in [-0.1, -0.05) is 65.6 Å². The van der Waals surface area contributed by atoms with Crippen molar-refractivity contribution >= 4 is 14.1 Å². The van der Waals surface area contributed by atoms with Crippen molar-refractivity contribution in [3.63, 3.8) is 0 Å². The normalized spacial score (nSPS) is 28.6. The summed E-state index contributed by atoms with van der Waals surface area (Å²) in [5, 5.41) is -0.0432. The van der Waals surface area contributed by atoms with Crippen LogP contribution in [0.2, 0.25) is 5.31 Å². The van der Waals surface area contributed by atoms with Crippen molar-refractivity contribution in [3.8, 4) is 0 Å². The molecule has 1 aliphatic carbocycles. The van der Waals surface area contributed by atoms with Crippen LogP contribution in [0.15, 0.2) is 0 Å². The van der Waals surface area contributed by atoms with E-state index in [2.05, 4.69) is 39.8 Å². The highest BCUT2D eigenvalue weighted by Crippen LogP contribution is 2.43. The van der Waals surface area contributed by atoms with Gasteiger partial charge in [0.25, 0.3) is 0 Å². The molecule has 124 valence electrons. The predicted molar refractivity (Wildman–Crippen MR) is 96.1 cm³/mol. The Morgan fingerprint density at radius 2 is 1.86 bits per heavy atom. The van der Waals surface area contributed by atoms with Gasteiger partial charge >= 0.3 is 0 Å². The average molecular weight is 295 g/mol. The molecule has 0 spiro atoms. The monoisotopic (exact) mass is 295 g/mol. The fourth-order valence-electron chi connectivity index (χ4n) is 2.90. The van der Waals surface area contributed by atoms with Gasteiger partial charge in [0.05, 0.1) is 7.85 Å². The molecule has 0 aromatic rings. The van der Waals surface area contributed by atoms with Gasteiger partial charge in [-0.2, -0.15) is 0 Å². The van der Waals surface area contributed by atoms with Gasteiger partial charge in [0.15, 0.2) is 0 Å². The molecule has 21 heavy (non-hydrogen) atoms. The second-order valence-corrected chi connectivity index (χ2v) is 6.52. The van der Waals surface area contributed by atoms with Gasteiger partial charge in [0.2, 0.25) is 0 Å². The zero-order valence-electron chi connectivity index (χ0n) is 15.6. The Kier molecular flexibility index (Phi) is 14.6. The van der Waals surface area contributed by atoms with Crippen molar-refractivity contribution in [3.05, 3.63) is 0 Å². The largest absolute Gasteiger partial charge is 0.309 e. The summed E-state index contributed by atoms with van der Waals surface area (Å²) in [5.41, 5.74) is 0. The number of hydrogen-bond acceptors (Lipinski definition) is 2. The lowest BCUT2D eigenvalue weighted by Crippen LogP contribution is -2.18. The Hall–Kier alpha value is -0.305. The summed E-state index contributed by atoms with van der Waals surface area (Å²) in [6, 6.07) is 0. The van der Waals surface area contributed by atoms with Crippen molar-refractivity contribution < 1.29 is 4.79 Å². The molecule has 3 atom stereocenters. The zero-order chi connectivity index (χ0) is 16.9. The SMILES string of the molecule is CC.CCCN(C)C.[B]C1(C)CCCC(C=O)C(CC)C1. The van der Waals surface area contributed by atoms with Gasteiger partial charge in [-0.3, -0.25) is 0 Å². The van der Waals surface area contributed by atoms with Crippen LogP contribution in [0.25, 0.3) is 0 Å². The molecule has 2 nitrogen and oxygen atoms in total. The summed E-state index contributed by atoms with van der Waals surface area (Å²) in [6.07, 6.45) is 7.68. The minimum Gasteiger partial charge on any atom is -0.309 e. The van der Waals surface area contributed by atoms with Crippen LogP contribution in [0, 0.1) is 11.8 Å². The fraction of sp³-hybridized carbons (Fsp3) is 0.944. The minimum atomic E-state index is -0.0432. The molecule has 3 unspecified atom stereocenters. The van der Waals surface area contributed by atoms with Gasteiger partial charge in [-0.15, -0.1) is 0 Å². The predicted octanol–water partition coefficient (Wildman–Crippen LogP) is 4.73. The van der Waals surface area contributed by atoms with Crippen LogP contribution in [-0.2, 0) is 4.79 Å².